The summed E-state index contributed by atoms with van der Waals surface area (Å²) in [5.74, 6) is -0.973. The minimum atomic E-state index is -0.973. The number of nitro benzene ring substituents is 1. The number of non-ortho nitro benzene ring substituents is 1. The van der Waals surface area contributed by atoms with Crippen molar-refractivity contribution in [3.05, 3.63) is 33.3 Å². The summed E-state index contributed by atoms with van der Waals surface area (Å²) in [6.45, 7) is 0.380. The Morgan fingerprint density at radius 2 is 2.30 bits per heavy atom. The Balaban J connectivity index is 2.34. The molecular formula is C12H13ClN2O5. The van der Waals surface area contributed by atoms with Gasteiger partial charge < -0.3 is 14.7 Å². The zero-order valence-electron chi connectivity index (χ0n) is 10.7. The lowest BCUT2D eigenvalue weighted by molar-refractivity contribution is -0.384. The summed E-state index contributed by atoms with van der Waals surface area (Å²) in [4.78, 5) is 23.0. The second kappa shape index (κ2) is 5.64. The number of hydrogen-bond donors (Lipinski definition) is 1. The highest BCUT2D eigenvalue weighted by molar-refractivity contribution is 6.33. The van der Waals surface area contributed by atoms with Gasteiger partial charge in [0.1, 0.15) is 6.04 Å². The van der Waals surface area contributed by atoms with Crippen LogP contribution in [0, 0.1) is 10.1 Å². The fourth-order valence-corrected chi connectivity index (χ4v) is 2.59. The van der Waals surface area contributed by atoms with Gasteiger partial charge in [-0.25, -0.2) is 4.79 Å². The SMILES string of the molecule is COC1CC(C(=O)O)N(c2ccc([N+](=O)[O-])cc2Cl)C1. The third-order valence-electron chi connectivity index (χ3n) is 3.33. The standard InChI is InChI=1S/C12H13ClN2O5/c1-20-8-5-11(12(16)17)14(6-8)10-3-2-7(15(18)19)4-9(10)13/h2-4,8,11H,5-6H2,1H3,(H,16,17). The molecule has 0 aliphatic carbocycles. The second-order valence-electron chi connectivity index (χ2n) is 4.49. The average molecular weight is 301 g/mol. The molecule has 0 aromatic heterocycles. The molecule has 1 aliphatic rings. The summed E-state index contributed by atoms with van der Waals surface area (Å²) in [6, 6.07) is 3.24. The number of hydrogen-bond acceptors (Lipinski definition) is 5. The van der Waals surface area contributed by atoms with Crippen LogP contribution in [-0.4, -0.2) is 41.8 Å². The van der Waals surface area contributed by atoms with Crippen molar-refractivity contribution in [1.82, 2.24) is 0 Å². The molecule has 7 nitrogen and oxygen atoms in total. The predicted molar refractivity (Wildman–Crippen MR) is 72.3 cm³/mol. The van der Waals surface area contributed by atoms with Gasteiger partial charge in [0, 0.05) is 32.2 Å². The van der Waals surface area contributed by atoms with Crippen LogP contribution in [0.1, 0.15) is 6.42 Å². The van der Waals surface area contributed by atoms with Crippen LogP contribution in [0.25, 0.3) is 0 Å². The lowest BCUT2D eigenvalue weighted by Gasteiger charge is -2.24. The number of nitro groups is 1. The highest BCUT2D eigenvalue weighted by atomic mass is 35.5. The van der Waals surface area contributed by atoms with E-state index in [0.717, 1.165) is 0 Å². The lowest BCUT2D eigenvalue weighted by atomic mass is 10.2. The number of aliphatic carboxylic acids is 1. The molecule has 1 saturated heterocycles. The quantitative estimate of drug-likeness (QED) is 0.674. The summed E-state index contributed by atoms with van der Waals surface area (Å²) in [7, 11) is 1.52. The van der Waals surface area contributed by atoms with E-state index in [1.807, 2.05) is 0 Å². The molecule has 1 fully saturated rings. The first kappa shape index (κ1) is 14.5. The molecule has 0 radical (unpaired) electrons. The molecule has 1 aromatic carbocycles. The van der Waals surface area contributed by atoms with Crippen molar-refractivity contribution in [2.24, 2.45) is 0 Å². The van der Waals surface area contributed by atoms with Gasteiger partial charge in [0.05, 0.1) is 21.7 Å². The van der Waals surface area contributed by atoms with E-state index in [4.69, 9.17) is 16.3 Å². The molecule has 0 bridgehead atoms. The summed E-state index contributed by atoms with van der Waals surface area (Å²) >= 11 is 6.03. The minimum Gasteiger partial charge on any atom is -0.480 e. The average Bonchev–Trinajstić information content (AvgIpc) is 2.82. The van der Waals surface area contributed by atoms with Crippen LogP contribution in [0.5, 0.6) is 0 Å². The van der Waals surface area contributed by atoms with E-state index in [9.17, 15) is 20.0 Å². The van der Waals surface area contributed by atoms with Crippen molar-refractivity contribution in [3.8, 4) is 0 Å². The zero-order chi connectivity index (χ0) is 14.9. The highest BCUT2D eigenvalue weighted by Gasteiger charge is 2.38. The van der Waals surface area contributed by atoms with Crippen LogP contribution in [0.15, 0.2) is 18.2 Å². The number of ether oxygens (including phenoxy) is 1. The number of rotatable bonds is 4. The van der Waals surface area contributed by atoms with E-state index in [1.54, 1.807) is 4.90 Å². The van der Waals surface area contributed by atoms with E-state index in [1.165, 1.54) is 25.3 Å². The first-order chi connectivity index (χ1) is 9.43. The van der Waals surface area contributed by atoms with Crippen molar-refractivity contribution in [2.75, 3.05) is 18.6 Å². The monoisotopic (exact) mass is 300 g/mol. The Morgan fingerprint density at radius 3 is 2.80 bits per heavy atom. The lowest BCUT2D eigenvalue weighted by Crippen LogP contribution is -2.36. The molecule has 2 atom stereocenters. The molecule has 0 saturated carbocycles. The Morgan fingerprint density at radius 1 is 1.60 bits per heavy atom. The number of carboxylic acid groups (broad SMARTS) is 1. The number of carbonyl (C=O) groups is 1. The predicted octanol–water partition coefficient (Wildman–Crippen LogP) is 1.93. The van der Waals surface area contributed by atoms with Crippen molar-refractivity contribution in [3.63, 3.8) is 0 Å². The van der Waals surface area contributed by atoms with E-state index < -0.39 is 16.9 Å². The smallest absolute Gasteiger partial charge is 0.326 e. The molecular weight excluding hydrogens is 288 g/mol. The first-order valence-electron chi connectivity index (χ1n) is 5.90. The Kier molecular flexibility index (Phi) is 4.10. The third-order valence-corrected chi connectivity index (χ3v) is 3.64. The molecule has 8 heteroatoms. The van der Waals surface area contributed by atoms with Gasteiger partial charge >= 0.3 is 5.97 Å². The molecule has 1 aromatic rings. The van der Waals surface area contributed by atoms with Gasteiger partial charge in [-0.2, -0.15) is 0 Å². The third kappa shape index (κ3) is 2.68. The number of nitrogens with zero attached hydrogens (tertiary/aromatic N) is 2. The summed E-state index contributed by atoms with van der Waals surface area (Å²) in [6.07, 6.45) is 0.140. The summed E-state index contributed by atoms with van der Waals surface area (Å²) in [5, 5.41) is 20.1. The maximum absolute atomic E-state index is 11.3. The molecule has 1 N–H and O–H groups in total. The minimum absolute atomic E-state index is 0.131. The van der Waals surface area contributed by atoms with Gasteiger partial charge in [-0.15, -0.1) is 0 Å². The second-order valence-corrected chi connectivity index (χ2v) is 4.90. The van der Waals surface area contributed by atoms with Crippen LogP contribution >= 0.6 is 11.6 Å². The number of halogens is 1. The molecule has 2 rings (SSSR count). The van der Waals surface area contributed by atoms with Crippen LogP contribution < -0.4 is 4.90 Å². The highest BCUT2D eigenvalue weighted by Crippen LogP contribution is 2.35. The maximum atomic E-state index is 11.3. The van der Waals surface area contributed by atoms with Gasteiger partial charge in [-0.1, -0.05) is 11.6 Å². The molecule has 0 spiro atoms. The van der Waals surface area contributed by atoms with E-state index in [0.29, 0.717) is 18.7 Å². The van der Waals surface area contributed by atoms with Gasteiger partial charge in [0.2, 0.25) is 0 Å². The number of carboxylic acids is 1. The number of anilines is 1. The fraction of sp³-hybridized carbons (Fsp3) is 0.417. The van der Waals surface area contributed by atoms with Crippen molar-refractivity contribution in [1.29, 1.82) is 0 Å². The molecule has 108 valence electrons. The fourth-order valence-electron chi connectivity index (χ4n) is 2.31. The van der Waals surface area contributed by atoms with Gasteiger partial charge in [0.25, 0.3) is 5.69 Å². The van der Waals surface area contributed by atoms with Crippen molar-refractivity contribution >= 4 is 28.9 Å². The summed E-state index contributed by atoms with van der Waals surface area (Å²) in [5.41, 5.74) is 0.331. The maximum Gasteiger partial charge on any atom is 0.326 e. The Bertz CT molecular complexity index is 551. The van der Waals surface area contributed by atoms with E-state index >= 15 is 0 Å². The molecule has 2 unspecified atom stereocenters. The van der Waals surface area contributed by atoms with Crippen LogP contribution in [0.2, 0.25) is 5.02 Å². The molecule has 1 aliphatic heterocycles. The molecule has 1 heterocycles. The normalized spacial score (nSPS) is 22.0. The van der Waals surface area contributed by atoms with E-state index in [-0.39, 0.29) is 16.8 Å². The van der Waals surface area contributed by atoms with Crippen molar-refractivity contribution in [2.45, 2.75) is 18.6 Å². The number of methoxy groups -OCH3 is 1. The van der Waals surface area contributed by atoms with Gasteiger partial charge in [0.15, 0.2) is 0 Å². The van der Waals surface area contributed by atoms with Crippen molar-refractivity contribution < 1.29 is 19.6 Å². The molecule has 20 heavy (non-hydrogen) atoms. The topological polar surface area (TPSA) is 92.9 Å². The van der Waals surface area contributed by atoms with Gasteiger partial charge in [-0.05, 0) is 6.07 Å². The molecule has 0 amide bonds. The van der Waals surface area contributed by atoms with Crippen LogP contribution in [0.4, 0.5) is 11.4 Å². The number of benzene rings is 1. The van der Waals surface area contributed by atoms with Crippen LogP contribution in [-0.2, 0) is 9.53 Å². The zero-order valence-corrected chi connectivity index (χ0v) is 11.4. The first-order valence-corrected chi connectivity index (χ1v) is 6.28. The Hall–Kier alpha value is -1.86. The van der Waals surface area contributed by atoms with Crippen LogP contribution in [0.3, 0.4) is 0 Å². The van der Waals surface area contributed by atoms with E-state index in [2.05, 4.69) is 0 Å². The summed E-state index contributed by atoms with van der Waals surface area (Å²) < 4.78 is 5.19. The van der Waals surface area contributed by atoms with Gasteiger partial charge in [-0.3, -0.25) is 10.1 Å². The largest absolute Gasteiger partial charge is 0.480 e. The Labute approximate surface area is 119 Å².